The molecule has 1 heterocycles. The molecule has 1 aromatic carbocycles. The summed E-state index contributed by atoms with van der Waals surface area (Å²) in [5.74, 6) is -0.00160. The molecule has 3 rings (SSSR count). The Kier molecular flexibility index (Phi) is 5.74. The van der Waals surface area contributed by atoms with Crippen LogP contribution in [0.1, 0.15) is 50.5 Å². The maximum atomic E-state index is 12.9. The molecule has 0 bridgehead atoms. The largest absolute Gasteiger partial charge is 0.388 e. The number of aliphatic hydroxyl groups is 1. The molecule has 1 N–H and O–H groups in total. The summed E-state index contributed by atoms with van der Waals surface area (Å²) in [5, 5.41) is 10.8. The van der Waals surface area contributed by atoms with E-state index in [1.807, 2.05) is 30.3 Å². The summed E-state index contributed by atoms with van der Waals surface area (Å²) >= 11 is 0. The highest BCUT2D eigenvalue weighted by atomic mass is 16.3. The summed E-state index contributed by atoms with van der Waals surface area (Å²) in [7, 11) is 0. The van der Waals surface area contributed by atoms with Crippen LogP contribution in [0.15, 0.2) is 30.3 Å². The molecule has 1 aromatic rings. The normalized spacial score (nSPS) is 19.9. The van der Waals surface area contributed by atoms with Gasteiger partial charge in [-0.15, -0.1) is 0 Å². The number of hydrogen-bond donors (Lipinski definition) is 1. The van der Waals surface area contributed by atoms with Gasteiger partial charge < -0.3 is 14.9 Å². The lowest BCUT2D eigenvalue weighted by Gasteiger charge is -2.34. The van der Waals surface area contributed by atoms with Crippen molar-refractivity contribution in [1.29, 1.82) is 0 Å². The molecule has 136 valence electrons. The third-order valence-electron chi connectivity index (χ3n) is 5.34. The molecule has 1 saturated carbocycles. The summed E-state index contributed by atoms with van der Waals surface area (Å²) in [6, 6.07) is 9.84. The van der Waals surface area contributed by atoms with Gasteiger partial charge >= 0.3 is 0 Å². The van der Waals surface area contributed by atoms with Gasteiger partial charge in [-0.3, -0.25) is 9.59 Å². The monoisotopic (exact) mass is 344 g/mol. The highest BCUT2D eigenvalue weighted by Crippen LogP contribution is 2.30. The van der Waals surface area contributed by atoms with Crippen LogP contribution in [0.2, 0.25) is 0 Å². The fourth-order valence-electron chi connectivity index (χ4n) is 3.87. The van der Waals surface area contributed by atoms with E-state index in [0.717, 1.165) is 44.1 Å². The van der Waals surface area contributed by atoms with Crippen LogP contribution in [0, 0.1) is 0 Å². The van der Waals surface area contributed by atoms with Gasteiger partial charge in [0.1, 0.15) is 0 Å². The van der Waals surface area contributed by atoms with Crippen LogP contribution in [0.4, 0.5) is 0 Å². The van der Waals surface area contributed by atoms with Gasteiger partial charge in [-0.25, -0.2) is 0 Å². The molecular weight excluding hydrogens is 316 g/mol. The average Bonchev–Trinajstić information content (AvgIpc) is 3.03. The summed E-state index contributed by atoms with van der Waals surface area (Å²) in [6.45, 7) is 1.61. The molecule has 1 saturated heterocycles. The lowest BCUT2D eigenvalue weighted by molar-refractivity contribution is -0.144. The van der Waals surface area contributed by atoms with Crippen molar-refractivity contribution in [2.45, 2.75) is 57.1 Å². The maximum absolute atomic E-state index is 12.9. The number of rotatable bonds is 6. The molecule has 1 aliphatic heterocycles. The summed E-state index contributed by atoms with van der Waals surface area (Å²) in [5.41, 5.74) is 0.263. The number of hydrogen-bond acceptors (Lipinski definition) is 3. The van der Waals surface area contributed by atoms with Crippen LogP contribution in [0.3, 0.4) is 0 Å². The van der Waals surface area contributed by atoms with Gasteiger partial charge in [-0.05, 0) is 31.2 Å². The standard InChI is InChI=1S/C20H28N2O3/c23-18-10-4-7-13-21(18)15-19(24)22(14-17-8-2-1-3-9-17)16-20(25)11-5-6-12-20/h1-3,8-9,25H,4-7,10-16H2. The third kappa shape index (κ3) is 4.82. The topological polar surface area (TPSA) is 60.9 Å². The number of amides is 2. The van der Waals surface area contributed by atoms with Gasteiger partial charge in [0.25, 0.3) is 0 Å². The number of benzene rings is 1. The Morgan fingerprint density at radius 2 is 1.84 bits per heavy atom. The van der Waals surface area contributed by atoms with Crippen molar-refractivity contribution in [2.24, 2.45) is 0 Å². The molecule has 2 fully saturated rings. The van der Waals surface area contributed by atoms with Gasteiger partial charge in [0.05, 0.1) is 12.1 Å². The van der Waals surface area contributed by atoms with Crippen LogP contribution in [-0.2, 0) is 16.1 Å². The zero-order valence-electron chi connectivity index (χ0n) is 14.8. The van der Waals surface area contributed by atoms with E-state index in [0.29, 0.717) is 26.1 Å². The summed E-state index contributed by atoms with van der Waals surface area (Å²) < 4.78 is 0. The van der Waals surface area contributed by atoms with Crippen LogP contribution < -0.4 is 0 Å². The van der Waals surface area contributed by atoms with Gasteiger partial charge in [-0.2, -0.15) is 0 Å². The second-order valence-corrected chi connectivity index (χ2v) is 7.44. The zero-order valence-corrected chi connectivity index (χ0v) is 14.8. The lowest BCUT2D eigenvalue weighted by Crippen LogP contribution is -2.49. The van der Waals surface area contributed by atoms with Crippen molar-refractivity contribution >= 4 is 11.8 Å². The van der Waals surface area contributed by atoms with E-state index in [1.54, 1.807) is 9.80 Å². The van der Waals surface area contributed by atoms with E-state index < -0.39 is 5.60 Å². The number of likely N-dealkylation sites (tertiary alicyclic amines) is 1. The van der Waals surface area contributed by atoms with E-state index >= 15 is 0 Å². The number of nitrogens with zero attached hydrogens (tertiary/aromatic N) is 2. The first-order valence-corrected chi connectivity index (χ1v) is 9.38. The van der Waals surface area contributed by atoms with Crippen molar-refractivity contribution in [3.8, 4) is 0 Å². The van der Waals surface area contributed by atoms with E-state index in [2.05, 4.69) is 0 Å². The fourth-order valence-corrected chi connectivity index (χ4v) is 3.87. The Balaban J connectivity index is 1.70. The molecule has 5 nitrogen and oxygen atoms in total. The molecule has 2 aliphatic rings. The van der Waals surface area contributed by atoms with Crippen LogP contribution >= 0.6 is 0 Å². The van der Waals surface area contributed by atoms with Crippen molar-refractivity contribution < 1.29 is 14.7 Å². The van der Waals surface area contributed by atoms with Gasteiger partial charge in [0.2, 0.25) is 11.8 Å². The van der Waals surface area contributed by atoms with Gasteiger partial charge in [-0.1, -0.05) is 43.2 Å². The third-order valence-corrected chi connectivity index (χ3v) is 5.34. The molecule has 0 aromatic heterocycles. The van der Waals surface area contributed by atoms with Crippen LogP contribution in [0.5, 0.6) is 0 Å². The van der Waals surface area contributed by atoms with Crippen molar-refractivity contribution in [2.75, 3.05) is 19.6 Å². The van der Waals surface area contributed by atoms with Crippen LogP contribution in [0.25, 0.3) is 0 Å². The first-order chi connectivity index (χ1) is 12.1. The minimum atomic E-state index is -0.781. The Morgan fingerprint density at radius 1 is 1.12 bits per heavy atom. The Hall–Kier alpha value is -1.88. The van der Waals surface area contributed by atoms with Gasteiger partial charge in [0.15, 0.2) is 0 Å². The Labute approximate surface area is 149 Å². The number of piperidine rings is 1. The van der Waals surface area contributed by atoms with Crippen molar-refractivity contribution in [1.82, 2.24) is 9.80 Å². The van der Waals surface area contributed by atoms with E-state index in [9.17, 15) is 14.7 Å². The second-order valence-electron chi connectivity index (χ2n) is 7.44. The van der Waals surface area contributed by atoms with Gasteiger partial charge in [0, 0.05) is 26.1 Å². The molecule has 5 heteroatoms. The predicted molar refractivity (Wildman–Crippen MR) is 95.7 cm³/mol. The molecule has 25 heavy (non-hydrogen) atoms. The smallest absolute Gasteiger partial charge is 0.242 e. The molecule has 0 spiro atoms. The zero-order chi connectivity index (χ0) is 17.7. The molecule has 0 unspecified atom stereocenters. The SMILES string of the molecule is O=C1CCCCN1CC(=O)N(Cc1ccccc1)CC1(O)CCCC1. The highest BCUT2D eigenvalue weighted by Gasteiger charge is 2.35. The van der Waals surface area contributed by atoms with Crippen molar-refractivity contribution in [3.63, 3.8) is 0 Å². The maximum Gasteiger partial charge on any atom is 0.242 e. The highest BCUT2D eigenvalue weighted by molar-refractivity contribution is 5.85. The van der Waals surface area contributed by atoms with E-state index in [1.165, 1.54) is 0 Å². The van der Waals surface area contributed by atoms with Crippen LogP contribution in [-0.4, -0.2) is 52.0 Å². The van der Waals surface area contributed by atoms with E-state index in [-0.39, 0.29) is 18.4 Å². The first kappa shape index (κ1) is 17.9. The first-order valence-electron chi connectivity index (χ1n) is 9.38. The minimum absolute atomic E-state index is 0.0684. The Morgan fingerprint density at radius 3 is 2.52 bits per heavy atom. The fraction of sp³-hybridized carbons (Fsp3) is 0.600. The quantitative estimate of drug-likeness (QED) is 0.862. The van der Waals surface area contributed by atoms with Crippen molar-refractivity contribution in [3.05, 3.63) is 35.9 Å². The molecule has 1 aliphatic carbocycles. The van der Waals surface area contributed by atoms with E-state index in [4.69, 9.17) is 0 Å². The second kappa shape index (κ2) is 8.00. The summed E-state index contributed by atoms with van der Waals surface area (Å²) in [6.07, 6.45) is 5.92. The molecule has 0 radical (unpaired) electrons. The number of carbonyl (C=O) groups excluding carboxylic acids is 2. The number of carbonyl (C=O) groups is 2. The molecular formula is C20H28N2O3. The summed E-state index contributed by atoms with van der Waals surface area (Å²) in [4.78, 5) is 28.3. The predicted octanol–water partition coefficient (Wildman–Crippen LogP) is 2.33. The molecule has 2 amide bonds. The molecule has 0 atom stereocenters. The average molecular weight is 344 g/mol. The lowest BCUT2D eigenvalue weighted by atomic mass is 10.0. The minimum Gasteiger partial charge on any atom is -0.388 e. The Bertz CT molecular complexity index is 596.